The van der Waals surface area contributed by atoms with Gasteiger partial charge < -0.3 is 11.1 Å². The minimum Gasteiger partial charge on any atom is -0.394 e. The highest BCUT2D eigenvalue weighted by molar-refractivity contribution is 6.43. The Balaban J connectivity index is 2.38. The standard InChI is InChI=1S/C10H7Cl3N4/c11-5-2-1-3-7(8(5)12)16-9-6(14)4-15-10(13)17-9/h1-4H,14H2,(H,15,16,17). The van der Waals surface area contributed by atoms with Gasteiger partial charge in [0.05, 0.1) is 27.6 Å². The highest BCUT2D eigenvalue weighted by Crippen LogP contribution is 2.32. The van der Waals surface area contributed by atoms with Crippen LogP contribution in [0.2, 0.25) is 15.3 Å². The minimum atomic E-state index is 0.0971. The van der Waals surface area contributed by atoms with E-state index in [1.165, 1.54) is 6.20 Å². The molecule has 0 amide bonds. The van der Waals surface area contributed by atoms with Crippen molar-refractivity contribution in [3.8, 4) is 0 Å². The molecular formula is C10H7Cl3N4. The van der Waals surface area contributed by atoms with Gasteiger partial charge in [-0.1, -0.05) is 29.3 Å². The van der Waals surface area contributed by atoms with Gasteiger partial charge in [0.1, 0.15) is 0 Å². The number of nitrogens with zero attached hydrogens (tertiary/aromatic N) is 2. The molecule has 2 aromatic rings. The summed E-state index contributed by atoms with van der Waals surface area (Å²) in [5, 5.41) is 3.87. The summed E-state index contributed by atoms with van der Waals surface area (Å²) in [5.41, 5.74) is 6.67. The lowest BCUT2D eigenvalue weighted by atomic mass is 10.3. The first-order valence-electron chi connectivity index (χ1n) is 4.57. The summed E-state index contributed by atoms with van der Waals surface area (Å²) in [4.78, 5) is 7.71. The normalized spacial score (nSPS) is 10.3. The van der Waals surface area contributed by atoms with E-state index in [1.54, 1.807) is 18.2 Å². The van der Waals surface area contributed by atoms with Crippen molar-refractivity contribution in [3.63, 3.8) is 0 Å². The van der Waals surface area contributed by atoms with Crippen LogP contribution >= 0.6 is 34.8 Å². The molecule has 1 aromatic carbocycles. The molecule has 0 atom stereocenters. The molecule has 0 bridgehead atoms. The molecule has 0 saturated heterocycles. The van der Waals surface area contributed by atoms with Crippen molar-refractivity contribution in [2.45, 2.75) is 0 Å². The summed E-state index contributed by atoms with van der Waals surface area (Å²) in [6.45, 7) is 0. The highest BCUT2D eigenvalue weighted by Gasteiger charge is 2.08. The van der Waals surface area contributed by atoms with Crippen LogP contribution in [0.4, 0.5) is 17.2 Å². The van der Waals surface area contributed by atoms with E-state index in [-0.39, 0.29) is 5.28 Å². The zero-order chi connectivity index (χ0) is 12.4. The maximum Gasteiger partial charge on any atom is 0.224 e. The molecule has 17 heavy (non-hydrogen) atoms. The van der Waals surface area contributed by atoms with Crippen molar-refractivity contribution < 1.29 is 0 Å². The van der Waals surface area contributed by atoms with Gasteiger partial charge in [-0.2, -0.15) is 4.98 Å². The Labute approximate surface area is 113 Å². The quantitative estimate of drug-likeness (QED) is 0.826. The Morgan fingerprint density at radius 3 is 2.71 bits per heavy atom. The predicted molar refractivity (Wildman–Crippen MR) is 71.2 cm³/mol. The summed E-state index contributed by atoms with van der Waals surface area (Å²) in [7, 11) is 0. The summed E-state index contributed by atoms with van der Waals surface area (Å²) in [6.07, 6.45) is 1.41. The van der Waals surface area contributed by atoms with Gasteiger partial charge in [-0.25, -0.2) is 4.98 Å². The second-order valence-corrected chi connectivity index (χ2v) is 4.29. The Morgan fingerprint density at radius 1 is 1.18 bits per heavy atom. The van der Waals surface area contributed by atoms with Crippen molar-refractivity contribution >= 4 is 52.0 Å². The number of nitrogens with one attached hydrogen (secondary N) is 1. The highest BCUT2D eigenvalue weighted by atomic mass is 35.5. The van der Waals surface area contributed by atoms with Crippen LogP contribution in [0.3, 0.4) is 0 Å². The predicted octanol–water partition coefficient (Wildman–Crippen LogP) is 3.76. The van der Waals surface area contributed by atoms with Crippen LogP contribution < -0.4 is 11.1 Å². The zero-order valence-electron chi connectivity index (χ0n) is 8.42. The van der Waals surface area contributed by atoms with E-state index in [1.807, 2.05) is 0 Å². The summed E-state index contributed by atoms with van der Waals surface area (Å²) in [5.74, 6) is 0.383. The fourth-order valence-corrected chi connectivity index (χ4v) is 1.68. The first-order valence-corrected chi connectivity index (χ1v) is 5.70. The molecule has 1 aromatic heterocycles. The number of nitrogens with two attached hydrogens (primary N) is 1. The lowest BCUT2D eigenvalue weighted by Crippen LogP contribution is -2.01. The molecule has 4 nitrogen and oxygen atoms in total. The number of hydrogen-bond acceptors (Lipinski definition) is 4. The Kier molecular flexibility index (Phi) is 3.57. The molecule has 0 fully saturated rings. The third-order valence-electron chi connectivity index (χ3n) is 1.99. The number of aromatic nitrogens is 2. The van der Waals surface area contributed by atoms with Crippen LogP contribution in [-0.2, 0) is 0 Å². The first-order chi connectivity index (χ1) is 8.08. The fourth-order valence-electron chi connectivity index (χ4n) is 1.20. The van der Waals surface area contributed by atoms with E-state index < -0.39 is 0 Å². The average Bonchev–Trinajstić information content (AvgIpc) is 2.30. The van der Waals surface area contributed by atoms with Gasteiger partial charge in [0.15, 0.2) is 5.82 Å². The summed E-state index contributed by atoms with van der Waals surface area (Å²) < 4.78 is 0. The largest absolute Gasteiger partial charge is 0.394 e. The zero-order valence-corrected chi connectivity index (χ0v) is 10.7. The number of rotatable bonds is 2. The third-order valence-corrected chi connectivity index (χ3v) is 2.99. The molecule has 0 aliphatic heterocycles. The second-order valence-electron chi connectivity index (χ2n) is 3.17. The van der Waals surface area contributed by atoms with Crippen molar-refractivity contribution in [2.75, 3.05) is 11.1 Å². The number of halogens is 3. The van der Waals surface area contributed by atoms with Crippen molar-refractivity contribution in [2.24, 2.45) is 0 Å². The van der Waals surface area contributed by atoms with Gasteiger partial charge >= 0.3 is 0 Å². The van der Waals surface area contributed by atoms with E-state index in [2.05, 4.69) is 15.3 Å². The number of nitrogen functional groups attached to an aromatic ring is 1. The third kappa shape index (κ3) is 2.72. The maximum atomic E-state index is 6.02. The lowest BCUT2D eigenvalue weighted by Gasteiger charge is -2.10. The molecule has 0 unspecified atom stereocenters. The summed E-state index contributed by atoms with van der Waals surface area (Å²) >= 11 is 17.6. The van der Waals surface area contributed by atoms with E-state index >= 15 is 0 Å². The molecule has 7 heteroatoms. The Bertz CT molecular complexity index is 559. The number of anilines is 3. The molecular weight excluding hydrogens is 282 g/mol. The molecule has 3 N–H and O–H groups in total. The summed E-state index contributed by atoms with van der Waals surface area (Å²) in [6, 6.07) is 5.20. The van der Waals surface area contributed by atoms with Crippen molar-refractivity contribution in [1.82, 2.24) is 9.97 Å². The van der Waals surface area contributed by atoms with E-state index in [4.69, 9.17) is 40.5 Å². The van der Waals surface area contributed by atoms with Crippen molar-refractivity contribution in [3.05, 3.63) is 39.7 Å². The van der Waals surface area contributed by atoms with Gasteiger partial charge in [-0.05, 0) is 23.7 Å². The Hall–Kier alpha value is -1.23. The van der Waals surface area contributed by atoms with Gasteiger partial charge in [0, 0.05) is 0 Å². The van der Waals surface area contributed by atoms with Crippen LogP contribution in [0.25, 0.3) is 0 Å². The maximum absolute atomic E-state index is 6.02. The molecule has 0 aliphatic rings. The number of hydrogen-bond donors (Lipinski definition) is 2. The topological polar surface area (TPSA) is 63.8 Å². The van der Waals surface area contributed by atoms with Gasteiger partial charge in [0.2, 0.25) is 5.28 Å². The van der Waals surface area contributed by atoms with Gasteiger partial charge in [-0.15, -0.1) is 0 Å². The fraction of sp³-hybridized carbons (Fsp3) is 0. The monoisotopic (exact) mass is 288 g/mol. The van der Waals surface area contributed by atoms with Crippen LogP contribution in [0.15, 0.2) is 24.4 Å². The van der Waals surface area contributed by atoms with Gasteiger partial charge in [-0.3, -0.25) is 0 Å². The van der Waals surface area contributed by atoms with E-state index in [0.717, 1.165) is 0 Å². The molecule has 88 valence electrons. The molecule has 0 aliphatic carbocycles. The molecule has 2 rings (SSSR count). The van der Waals surface area contributed by atoms with E-state index in [0.29, 0.717) is 27.2 Å². The van der Waals surface area contributed by atoms with Crippen LogP contribution in [0.1, 0.15) is 0 Å². The van der Waals surface area contributed by atoms with Crippen LogP contribution in [-0.4, -0.2) is 9.97 Å². The van der Waals surface area contributed by atoms with E-state index in [9.17, 15) is 0 Å². The van der Waals surface area contributed by atoms with Crippen molar-refractivity contribution in [1.29, 1.82) is 0 Å². The minimum absolute atomic E-state index is 0.0971. The number of benzene rings is 1. The lowest BCUT2D eigenvalue weighted by molar-refractivity contribution is 1.17. The SMILES string of the molecule is Nc1cnc(Cl)nc1Nc1cccc(Cl)c1Cl. The van der Waals surface area contributed by atoms with Crippen LogP contribution in [0, 0.1) is 0 Å². The second kappa shape index (κ2) is 4.96. The molecule has 1 heterocycles. The van der Waals surface area contributed by atoms with Gasteiger partial charge in [0.25, 0.3) is 0 Å². The Morgan fingerprint density at radius 2 is 1.94 bits per heavy atom. The van der Waals surface area contributed by atoms with Crippen LogP contribution in [0.5, 0.6) is 0 Å². The average molecular weight is 290 g/mol. The smallest absolute Gasteiger partial charge is 0.224 e. The molecule has 0 radical (unpaired) electrons. The first kappa shape index (κ1) is 12.2. The molecule has 0 saturated carbocycles. The molecule has 0 spiro atoms.